The first-order valence-corrected chi connectivity index (χ1v) is 11.6. The van der Waals surface area contributed by atoms with Crippen molar-refractivity contribution >= 4 is 29.7 Å². The van der Waals surface area contributed by atoms with E-state index in [9.17, 15) is 0 Å². The predicted octanol–water partition coefficient (Wildman–Crippen LogP) is 5.60. The smallest absolute Gasteiger partial charge is 0.343 e. The van der Waals surface area contributed by atoms with Crippen molar-refractivity contribution in [3.63, 3.8) is 0 Å². The van der Waals surface area contributed by atoms with Gasteiger partial charge in [-0.2, -0.15) is 42.3 Å². The Hall–Kier alpha value is 0.763. The zero-order valence-corrected chi connectivity index (χ0v) is 20.3. The van der Waals surface area contributed by atoms with Crippen LogP contribution in [0, 0.1) is 18.9 Å². The van der Waals surface area contributed by atoms with Gasteiger partial charge >= 0.3 is 19.5 Å². The van der Waals surface area contributed by atoms with Gasteiger partial charge in [0.2, 0.25) is 5.69 Å². The van der Waals surface area contributed by atoms with Gasteiger partial charge in [-0.25, -0.2) is 0 Å². The van der Waals surface area contributed by atoms with Crippen LogP contribution in [0.15, 0.2) is 24.3 Å². The molecule has 0 saturated carbocycles. The molecule has 2 nitrogen and oxygen atoms in total. The Morgan fingerprint density at radius 1 is 1.26 bits per heavy atom. The fourth-order valence-electron chi connectivity index (χ4n) is 1.60. The molecule has 0 heterocycles. The zero-order valence-electron chi connectivity index (χ0n) is 14.7. The van der Waals surface area contributed by atoms with Crippen LogP contribution in [0.4, 0.5) is 0 Å². The summed E-state index contributed by atoms with van der Waals surface area (Å²) in [6.07, 6.45) is 7.66. The number of unbranched alkanes of at least 4 members (excludes halogenated alkanes) is 4. The first-order valence-electron chi connectivity index (χ1n) is 7.73. The quantitative estimate of drug-likeness (QED) is 0.182. The molecule has 23 heavy (non-hydrogen) atoms. The maximum Gasteiger partial charge on any atom is 2.00 e. The van der Waals surface area contributed by atoms with Gasteiger partial charge in [-0.1, -0.05) is 58.7 Å². The third-order valence-electron chi connectivity index (χ3n) is 2.51. The van der Waals surface area contributed by atoms with Crippen molar-refractivity contribution in [2.24, 2.45) is 5.92 Å². The first-order chi connectivity index (χ1) is 10.2. The van der Waals surface area contributed by atoms with Crippen LogP contribution in [0.25, 0.3) is 0 Å². The molecule has 0 unspecified atom stereocenters. The second kappa shape index (κ2) is 19.1. The van der Waals surface area contributed by atoms with Crippen LogP contribution in [-0.2, 0) is 37.7 Å². The number of hydrogen-bond acceptors (Lipinski definition) is 1. The van der Waals surface area contributed by atoms with Crippen LogP contribution in [0.1, 0.15) is 58.4 Å². The molecule has 0 aliphatic rings. The summed E-state index contributed by atoms with van der Waals surface area (Å²) >= 11 is 7.07. The summed E-state index contributed by atoms with van der Waals surface area (Å²) in [4.78, 5) is 15.7. The van der Waals surface area contributed by atoms with Gasteiger partial charge < -0.3 is 16.7 Å². The van der Waals surface area contributed by atoms with E-state index in [0.717, 1.165) is 18.8 Å². The molecular formula is C17H31O2PS2Zn. The summed E-state index contributed by atoms with van der Waals surface area (Å²) in [6, 6.07) is 11.4. The molecule has 6 heteroatoms. The van der Waals surface area contributed by atoms with Gasteiger partial charge in [-0.15, -0.1) is 0 Å². The van der Waals surface area contributed by atoms with E-state index in [2.05, 4.69) is 69.9 Å². The van der Waals surface area contributed by atoms with Crippen molar-refractivity contribution < 1.29 is 29.3 Å². The number of thiol groups is 1. The second-order valence-corrected chi connectivity index (χ2v) is 10.5. The molecule has 0 amide bonds. The minimum absolute atomic E-state index is 0. The van der Waals surface area contributed by atoms with Gasteiger partial charge in [0.25, 0.3) is 0 Å². The van der Waals surface area contributed by atoms with E-state index in [1.807, 2.05) is 12.1 Å². The van der Waals surface area contributed by atoms with Crippen molar-refractivity contribution in [1.82, 2.24) is 0 Å². The molecule has 0 saturated heterocycles. The molecule has 0 aliphatic carbocycles. The normalized spacial score (nSPS) is 9.91. The van der Waals surface area contributed by atoms with Gasteiger partial charge in [0.05, 0.1) is 0 Å². The van der Waals surface area contributed by atoms with Crippen LogP contribution >= 0.6 is 17.9 Å². The van der Waals surface area contributed by atoms with Crippen LogP contribution in [-0.4, -0.2) is 9.79 Å². The van der Waals surface area contributed by atoms with E-state index in [4.69, 9.17) is 9.79 Å². The molecule has 0 fully saturated rings. The number of benzene rings is 1. The standard InChI is InChI=1S/C10H13.C7H15.H3O2PS2.Zn/c1-9(2)8-10-6-4-3-5-7-10;1-3-5-7-6-4-2;1-3(2,4)5;/h3-6,9H,8H2,1-2H3;1,3-7H2,2H3;(H3,1,2,4,5);/q2*-1;;+2. The molecular weight excluding hydrogens is 397 g/mol. The Balaban J connectivity index is -0.000000273. The van der Waals surface area contributed by atoms with Crippen molar-refractivity contribution in [2.75, 3.05) is 0 Å². The topological polar surface area (TPSA) is 40.5 Å². The third-order valence-corrected chi connectivity index (χ3v) is 2.51. The summed E-state index contributed by atoms with van der Waals surface area (Å²) in [6.45, 7) is 10.4. The molecule has 0 aliphatic heterocycles. The molecule has 0 atom stereocenters. The summed E-state index contributed by atoms with van der Waals surface area (Å²) in [5.41, 5.74) is -1.79. The number of hydrogen-bond donors (Lipinski definition) is 3. The molecule has 0 bridgehead atoms. The van der Waals surface area contributed by atoms with E-state index in [-0.39, 0.29) is 19.5 Å². The molecule has 0 spiro atoms. The Labute approximate surface area is 166 Å². The fraction of sp³-hybridized carbons (Fsp3) is 0.588. The number of rotatable bonds is 6. The van der Waals surface area contributed by atoms with Gasteiger partial charge in [-0.3, -0.25) is 0 Å². The van der Waals surface area contributed by atoms with Crippen molar-refractivity contribution in [3.8, 4) is 0 Å². The first kappa shape index (κ1) is 28.6. The maximum absolute atomic E-state index is 7.87. The summed E-state index contributed by atoms with van der Waals surface area (Å²) < 4.78 is 0. The molecule has 1 aromatic carbocycles. The Morgan fingerprint density at radius 2 is 1.83 bits per heavy atom. The molecule has 0 aromatic heterocycles. The molecule has 0 radical (unpaired) electrons. The van der Waals surface area contributed by atoms with E-state index in [0.29, 0.717) is 0 Å². The van der Waals surface area contributed by atoms with Gasteiger partial charge in [-0.05, 0) is 24.1 Å². The Morgan fingerprint density at radius 3 is 2.17 bits per heavy atom. The largest absolute Gasteiger partial charge is 2.00 e. The Kier molecular flexibility index (Phi) is 23.7. The average molecular weight is 428 g/mol. The molecule has 1 aromatic rings. The minimum Gasteiger partial charge on any atom is -0.343 e. The van der Waals surface area contributed by atoms with E-state index in [1.165, 1.54) is 31.2 Å². The maximum atomic E-state index is 7.87. The molecule has 1 rings (SSSR count). The summed E-state index contributed by atoms with van der Waals surface area (Å²) in [5.74, 6) is 0.735. The fourth-order valence-corrected chi connectivity index (χ4v) is 1.60. The SMILES string of the molecule is CC(C)Cc1[c-]cccc1.OP(O)(=S)S.[CH2-]CCCCCC.[Zn+2]. The Bertz CT molecular complexity index is 371. The molecule has 2 N–H and O–H groups in total. The van der Waals surface area contributed by atoms with Gasteiger partial charge in [0, 0.05) is 0 Å². The van der Waals surface area contributed by atoms with Crippen molar-refractivity contribution in [3.05, 3.63) is 42.8 Å². The summed E-state index contributed by atoms with van der Waals surface area (Å²) in [5, 5.41) is 0. The van der Waals surface area contributed by atoms with Crippen LogP contribution in [0.2, 0.25) is 0 Å². The van der Waals surface area contributed by atoms with E-state index in [1.54, 1.807) is 0 Å². The monoisotopic (exact) mass is 426 g/mol. The second-order valence-electron chi connectivity index (χ2n) is 5.41. The minimum atomic E-state index is -3.11. The van der Waals surface area contributed by atoms with E-state index >= 15 is 0 Å². The van der Waals surface area contributed by atoms with Crippen LogP contribution in [0.5, 0.6) is 0 Å². The summed E-state index contributed by atoms with van der Waals surface area (Å²) in [7, 11) is 0. The third kappa shape index (κ3) is 34.9. The predicted molar refractivity (Wildman–Crippen MR) is 106 cm³/mol. The van der Waals surface area contributed by atoms with E-state index < -0.39 is 5.69 Å². The van der Waals surface area contributed by atoms with Crippen LogP contribution < -0.4 is 0 Å². The van der Waals surface area contributed by atoms with Crippen LogP contribution in [0.3, 0.4) is 0 Å². The van der Waals surface area contributed by atoms with Crippen molar-refractivity contribution in [2.45, 2.75) is 59.3 Å². The van der Waals surface area contributed by atoms with Crippen molar-refractivity contribution in [1.29, 1.82) is 0 Å². The molecule has 130 valence electrons. The zero-order chi connectivity index (χ0) is 17.4. The average Bonchev–Trinajstić information content (AvgIpc) is 2.38. The van der Waals surface area contributed by atoms with Gasteiger partial charge in [0.1, 0.15) is 0 Å². The van der Waals surface area contributed by atoms with Gasteiger partial charge in [0.15, 0.2) is 0 Å².